The van der Waals surface area contributed by atoms with Crippen molar-refractivity contribution < 1.29 is 53.3 Å². The van der Waals surface area contributed by atoms with Gasteiger partial charge in [-0.1, -0.05) is 57.5 Å². The van der Waals surface area contributed by atoms with Crippen LogP contribution in [0.5, 0.6) is 11.6 Å². The number of ketones is 1. The number of hydrogen-bond donors (Lipinski definition) is 1. The van der Waals surface area contributed by atoms with Gasteiger partial charge in [0.25, 0.3) is 6.43 Å². The molecule has 1 aromatic carbocycles. The average Bonchev–Trinajstić information content (AvgIpc) is 4.09. The van der Waals surface area contributed by atoms with Crippen molar-refractivity contribution in [2.45, 2.75) is 134 Å². The number of rotatable bonds is 12. The van der Waals surface area contributed by atoms with Crippen LogP contribution >= 0.6 is 0 Å². The lowest BCUT2D eigenvalue weighted by Crippen LogP contribution is -2.48. The minimum atomic E-state index is -4.50. The number of esters is 1. The highest BCUT2D eigenvalue weighted by Gasteiger charge is 2.63. The molecule has 1 aromatic heterocycles. The summed E-state index contributed by atoms with van der Waals surface area (Å²) in [6.45, 7) is 7.16. The van der Waals surface area contributed by atoms with Gasteiger partial charge in [-0.05, 0) is 82.6 Å². The predicted molar refractivity (Wildman–Crippen MR) is 213 cm³/mol. The number of nitrogens with zero attached hydrogens (tertiary/aromatic N) is 2. The van der Waals surface area contributed by atoms with Gasteiger partial charge in [0.15, 0.2) is 11.4 Å². The van der Waals surface area contributed by atoms with Crippen LogP contribution in [0.1, 0.15) is 108 Å². The van der Waals surface area contributed by atoms with Crippen LogP contribution in [0.25, 0.3) is 10.8 Å². The number of aromatic nitrogens is 1. The number of benzene rings is 1. The monoisotopic (exact) mass is 831 g/mol. The summed E-state index contributed by atoms with van der Waals surface area (Å²) in [6, 6.07) is 6.10. The topological polar surface area (TPSA) is 158 Å². The van der Waals surface area contributed by atoms with E-state index >= 15 is 4.79 Å². The van der Waals surface area contributed by atoms with Gasteiger partial charge in [0.1, 0.15) is 11.9 Å². The van der Waals surface area contributed by atoms with Crippen molar-refractivity contribution in [3.8, 4) is 11.6 Å². The molecule has 6 rings (SSSR count). The van der Waals surface area contributed by atoms with Gasteiger partial charge in [-0.3, -0.25) is 23.9 Å². The van der Waals surface area contributed by atoms with Gasteiger partial charge in [0, 0.05) is 26.4 Å². The number of methoxy groups -OCH3 is 1. The summed E-state index contributed by atoms with van der Waals surface area (Å²) < 4.78 is 89.0. The Morgan fingerprint density at radius 2 is 1.84 bits per heavy atom. The first-order valence-electron chi connectivity index (χ1n) is 21.2. The fourth-order valence-corrected chi connectivity index (χ4v) is 10.3. The zero-order chi connectivity index (χ0) is 44.0. The molecule has 0 bridgehead atoms. The second-order valence-electron chi connectivity index (χ2n) is 17.2. The van der Waals surface area contributed by atoms with Crippen molar-refractivity contribution in [3.05, 3.63) is 42.6 Å². The summed E-state index contributed by atoms with van der Waals surface area (Å²) in [5, 5.41) is 1.34. The zero-order valence-electron chi connectivity index (χ0n) is 36.1. The number of carbonyl (C=O) groups is 4. The molecule has 0 radical (unpaired) electrons. The summed E-state index contributed by atoms with van der Waals surface area (Å²) in [5.41, 5.74) is -3.59. The third-order valence-corrected chi connectivity index (χ3v) is 14.8. The number of hydrogen-bond acceptors (Lipinski definition) is 10. The largest absolute Gasteiger partial charge is 0.494 e. The second kappa shape index (κ2) is 16.8. The Bertz CT molecular complexity index is 2130. The highest BCUT2D eigenvalue weighted by atomic mass is 32.2. The maximum Gasteiger partial charge on any atom is 0.307 e. The summed E-state index contributed by atoms with van der Waals surface area (Å²) in [7, 11) is -2.98. The van der Waals surface area contributed by atoms with Crippen LogP contribution in [-0.2, 0) is 33.9 Å². The summed E-state index contributed by atoms with van der Waals surface area (Å²) in [6.07, 6.45) is 0.866. The van der Waals surface area contributed by atoms with Gasteiger partial charge in [-0.25, -0.2) is 22.2 Å². The van der Waals surface area contributed by atoms with Crippen molar-refractivity contribution >= 4 is 44.4 Å². The molecule has 1 saturated heterocycles. The molecular formula is C43H57F2N3O9S. The number of amides is 2. The van der Waals surface area contributed by atoms with Gasteiger partial charge >= 0.3 is 5.97 Å². The molecule has 2 saturated carbocycles. The minimum absolute atomic E-state index is 0.0228. The Kier molecular flexibility index (Phi) is 11.8. The van der Waals surface area contributed by atoms with Crippen LogP contribution in [-0.4, -0.2) is 84.4 Å². The Morgan fingerprint density at radius 3 is 2.48 bits per heavy atom. The highest BCUT2D eigenvalue weighted by Crippen LogP contribution is 2.58. The van der Waals surface area contributed by atoms with Crippen molar-refractivity contribution in [2.24, 2.45) is 29.1 Å². The summed E-state index contributed by atoms with van der Waals surface area (Å²) >= 11 is 0. The number of halogens is 2. The van der Waals surface area contributed by atoms with Crippen molar-refractivity contribution in [2.75, 3.05) is 13.7 Å². The van der Waals surface area contributed by atoms with Gasteiger partial charge in [-0.15, -0.1) is 0 Å². The molecule has 318 valence electrons. The fraction of sp³-hybridized carbons (Fsp3) is 0.651. The van der Waals surface area contributed by atoms with E-state index in [1.54, 1.807) is 12.1 Å². The van der Waals surface area contributed by atoms with E-state index in [1.807, 2.05) is 38.1 Å². The molecule has 2 aliphatic carbocycles. The smallest absolute Gasteiger partial charge is 0.307 e. The molecular weight excluding hydrogens is 773 g/mol. The van der Waals surface area contributed by atoms with Crippen LogP contribution in [0.3, 0.4) is 0 Å². The molecule has 2 amide bonds. The van der Waals surface area contributed by atoms with Crippen molar-refractivity contribution in [1.29, 1.82) is 0 Å². The number of ether oxygens (including phenoxy) is 3. The SMILES string of the molecule is [2H]C([2H])(C)C1(S(=O)(=O)NC(=O)[C@]23CC(=O)[C@@H]4C[C@@H](Oc5ncc(OC)c6ccccc56)CN4C(=O)[C@@H](CC(=O)OC(C)(C)C(F)F)[C@H](CC)C[C@H](C)CC/C=C\[C@@H]2C3)CC1. The Balaban J connectivity index is 1.37. The molecule has 3 heterocycles. The Morgan fingerprint density at radius 1 is 1.14 bits per heavy atom. The molecule has 0 unspecified atom stereocenters. The molecule has 1 N–H and O–H groups in total. The van der Waals surface area contributed by atoms with E-state index in [0.717, 1.165) is 19.2 Å². The molecule has 58 heavy (non-hydrogen) atoms. The van der Waals surface area contributed by atoms with Crippen LogP contribution in [0, 0.1) is 29.1 Å². The summed E-state index contributed by atoms with van der Waals surface area (Å²) in [5.74, 6) is -4.11. The predicted octanol–water partition coefficient (Wildman–Crippen LogP) is 6.94. The standard InChI is InChI=1S/C43H57F2N3O9S/c1-7-27-19-26(3)13-9-10-14-28-22-43(28,40(52)47-58(53,54)42(8-2)17-18-42)23-34(49)33-20-29(56-37-31-16-12-11-15-30(31)35(55-6)24-46-37)25-48(33)38(51)32(27)21-36(50)57-41(4,5)39(44)45/h10-12,14-16,24,26-29,32-33,39H,7-9,13,17-23,25H2,1-6H3,(H,47,52)/b14-10-/t26-,27-,28-,29-,32+,33+,43-/m1/s1/i8D2. The number of pyridine rings is 1. The number of allylic oxidation sites excluding steroid dienone is 2. The van der Waals surface area contributed by atoms with Crippen LogP contribution in [0.15, 0.2) is 42.6 Å². The first-order valence-corrected chi connectivity index (χ1v) is 21.7. The average molecular weight is 832 g/mol. The van der Waals surface area contributed by atoms with E-state index in [0.29, 0.717) is 36.8 Å². The lowest BCUT2D eigenvalue weighted by molar-refractivity contribution is -0.174. The van der Waals surface area contributed by atoms with Crippen LogP contribution < -0.4 is 14.2 Å². The second-order valence-corrected chi connectivity index (χ2v) is 19.1. The summed E-state index contributed by atoms with van der Waals surface area (Å²) in [4.78, 5) is 63.3. The molecule has 3 fully saturated rings. The van der Waals surface area contributed by atoms with Crippen molar-refractivity contribution in [1.82, 2.24) is 14.6 Å². The third-order valence-electron chi connectivity index (χ3n) is 12.7. The van der Waals surface area contributed by atoms with E-state index in [-0.39, 0.29) is 44.0 Å². The Hall–Kier alpha value is -4.14. The fourth-order valence-electron chi connectivity index (χ4n) is 8.75. The molecule has 15 heteroatoms. The van der Waals surface area contributed by atoms with Crippen molar-refractivity contribution in [3.63, 3.8) is 0 Å². The normalized spacial score (nSPS) is 30.2. The van der Waals surface area contributed by atoms with Gasteiger partial charge in [0.2, 0.25) is 27.7 Å². The Labute approximate surface area is 342 Å². The molecule has 2 aromatic rings. The van der Waals surface area contributed by atoms with Gasteiger partial charge in [-0.2, -0.15) is 0 Å². The number of alkyl halides is 2. The van der Waals surface area contributed by atoms with E-state index in [9.17, 15) is 31.6 Å². The number of nitrogens with one attached hydrogen (secondary N) is 1. The molecule has 4 aliphatic rings. The third kappa shape index (κ3) is 8.74. The lowest BCUT2D eigenvalue weighted by Gasteiger charge is -2.34. The number of carbonyl (C=O) groups excluding carboxylic acids is 4. The van der Waals surface area contributed by atoms with E-state index in [1.165, 1.54) is 25.1 Å². The number of Topliss-reactive ketones (excluding diaryl/α,β-unsaturated/α-hetero) is 1. The quantitative estimate of drug-likeness (QED) is 0.176. The van der Waals surface area contributed by atoms with E-state index in [2.05, 4.69) is 9.71 Å². The number of fused-ring (bicyclic) bond motifs is 3. The van der Waals surface area contributed by atoms with E-state index in [4.69, 9.17) is 17.0 Å². The maximum absolute atomic E-state index is 15.0. The van der Waals surface area contributed by atoms with Crippen LogP contribution in [0.4, 0.5) is 8.78 Å². The zero-order valence-corrected chi connectivity index (χ0v) is 34.9. The number of sulfonamides is 1. The molecule has 7 atom stereocenters. The van der Waals surface area contributed by atoms with E-state index < -0.39 is 105 Å². The van der Waals surface area contributed by atoms with Gasteiger partial charge < -0.3 is 19.1 Å². The first kappa shape index (κ1) is 40.6. The molecule has 2 aliphatic heterocycles. The van der Waals surface area contributed by atoms with Gasteiger partial charge in [0.05, 0.1) is 48.4 Å². The first-order chi connectivity index (χ1) is 28.1. The lowest BCUT2D eigenvalue weighted by atomic mass is 9.79. The van der Waals surface area contributed by atoms with Crippen LogP contribution in [0.2, 0.25) is 0 Å². The maximum atomic E-state index is 15.0. The molecule has 12 nitrogen and oxygen atoms in total. The minimum Gasteiger partial charge on any atom is -0.494 e. The highest BCUT2D eigenvalue weighted by molar-refractivity contribution is 7.91. The molecule has 0 spiro atoms.